The molecule has 0 rings (SSSR count). The van der Waals surface area contributed by atoms with Gasteiger partial charge in [0.1, 0.15) is 5.60 Å². The second-order valence-corrected chi connectivity index (χ2v) is 7.13. The Morgan fingerprint density at radius 3 is 1.94 bits per heavy atom. The fourth-order valence-corrected chi connectivity index (χ4v) is 2.89. The average Bonchev–Trinajstić information content (AvgIpc) is 2.08. The molecule has 1 unspecified atom stereocenters. The molecular weight excluding hydrogens is 243 g/mol. The van der Waals surface area contributed by atoms with E-state index in [1.807, 2.05) is 0 Å². The van der Waals surface area contributed by atoms with Crippen LogP contribution >= 0.6 is 7.60 Å². The van der Waals surface area contributed by atoms with Crippen LogP contribution in [0.4, 0.5) is 0 Å². The molecule has 2 N–H and O–H groups in total. The van der Waals surface area contributed by atoms with Crippen molar-refractivity contribution in [1.29, 1.82) is 0 Å². The molecule has 0 aromatic carbocycles. The summed E-state index contributed by atoms with van der Waals surface area (Å²) >= 11 is 0. The zero-order valence-electron chi connectivity index (χ0n) is 11.2. The summed E-state index contributed by atoms with van der Waals surface area (Å²) in [7, 11) is -4.54. The van der Waals surface area contributed by atoms with Gasteiger partial charge < -0.3 is 14.5 Å². The molecule has 0 aromatic heterocycles. The summed E-state index contributed by atoms with van der Waals surface area (Å²) in [6.07, 6.45) is 0.709. The summed E-state index contributed by atoms with van der Waals surface area (Å²) in [6, 6.07) is 0. The Hall–Kier alpha value is -0.380. The van der Waals surface area contributed by atoms with E-state index in [1.165, 1.54) is 0 Å². The van der Waals surface area contributed by atoms with Gasteiger partial charge >= 0.3 is 13.6 Å². The Balaban J connectivity index is 5.32. The lowest BCUT2D eigenvalue weighted by atomic mass is 9.99. The maximum Gasteiger partial charge on any atom is 0.342 e. The quantitative estimate of drug-likeness (QED) is 0.590. The van der Waals surface area contributed by atoms with Crippen molar-refractivity contribution in [1.82, 2.24) is 0 Å². The van der Waals surface area contributed by atoms with E-state index >= 15 is 0 Å². The normalized spacial score (nSPS) is 16.4. The maximum absolute atomic E-state index is 12.0. The summed E-state index contributed by atoms with van der Waals surface area (Å²) < 4.78 is 16.7. The molecule has 0 aliphatic carbocycles. The second kappa shape index (κ2) is 5.51. The average molecular weight is 266 g/mol. The molecule has 0 radical (unpaired) electrons. The highest BCUT2D eigenvalue weighted by Gasteiger charge is 2.53. The van der Waals surface area contributed by atoms with Crippen LogP contribution in [0.2, 0.25) is 0 Å². The molecule has 6 heteroatoms. The zero-order chi connectivity index (χ0) is 13.9. The first kappa shape index (κ1) is 16.6. The minimum Gasteiger partial charge on any atom is -0.459 e. The van der Waals surface area contributed by atoms with Crippen LogP contribution in [0, 0.1) is 0 Å². The van der Waals surface area contributed by atoms with Gasteiger partial charge in [-0.2, -0.15) is 0 Å². The SMILES string of the molecule is CCCC(CC)(C(=O)OC(C)(C)C)P(=O)(O)O. The third-order valence-corrected chi connectivity index (χ3v) is 4.42. The Morgan fingerprint density at radius 2 is 1.71 bits per heavy atom. The topological polar surface area (TPSA) is 83.8 Å². The molecule has 102 valence electrons. The van der Waals surface area contributed by atoms with E-state index in [9.17, 15) is 19.1 Å². The van der Waals surface area contributed by atoms with Crippen LogP contribution in [0.25, 0.3) is 0 Å². The van der Waals surface area contributed by atoms with Crippen molar-refractivity contribution in [3.63, 3.8) is 0 Å². The molecule has 0 heterocycles. The molecule has 5 nitrogen and oxygen atoms in total. The van der Waals surface area contributed by atoms with Crippen LogP contribution in [0.5, 0.6) is 0 Å². The minimum absolute atomic E-state index is 0.0695. The molecule has 1 atom stereocenters. The van der Waals surface area contributed by atoms with Crippen LogP contribution in [0.15, 0.2) is 0 Å². The van der Waals surface area contributed by atoms with Crippen molar-refractivity contribution in [3.05, 3.63) is 0 Å². The third kappa shape index (κ3) is 4.09. The number of esters is 1. The highest BCUT2D eigenvalue weighted by Crippen LogP contribution is 2.56. The van der Waals surface area contributed by atoms with Crippen molar-refractivity contribution in [3.8, 4) is 0 Å². The highest BCUT2D eigenvalue weighted by molar-refractivity contribution is 7.54. The Morgan fingerprint density at radius 1 is 1.24 bits per heavy atom. The predicted molar refractivity (Wildman–Crippen MR) is 65.8 cm³/mol. The lowest BCUT2D eigenvalue weighted by molar-refractivity contribution is -0.159. The first-order valence-corrected chi connectivity index (χ1v) is 7.40. The summed E-state index contributed by atoms with van der Waals surface area (Å²) in [5.41, 5.74) is -0.750. The second-order valence-electron chi connectivity index (χ2n) is 5.18. The number of ether oxygens (including phenoxy) is 1. The molecular formula is C11H23O5P. The lowest BCUT2D eigenvalue weighted by Crippen LogP contribution is -2.42. The van der Waals surface area contributed by atoms with E-state index in [2.05, 4.69) is 0 Å². The summed E-state index contributed by atoms with van der Waals surface area (Å²) in [5.74, 6) is -0.803. The first-order valence-electron chi connectivity index (χ1n) is 5.79. The molecule has 0 amide bonds. The van der Waals surface area contributed by atoms with Crippen molar-refractivity contribution >= 4 is 13.6 Å². The van der Waals surface area contributed by atoms with Gasteiger partial charge in [0.15, 0.2) is 5.16 Å². The van der Waals surface area contributed by atoms with Crippen LogP contribution in [-0.2, 0) is 14.1 Å². The largest absolute Gasteiger partial charge is 0.459 e. The van der Waals surface area contributed by atoms with E-state index in [0.29, 0.717) is 6.42 Å². The summed E-state index contributed by atoms with van der Waals surface area (Å²) in [4.78, 5) is 30.9. The van der Waals surface area contributed by atoms with Crippen molar-refractivity contribution in [2.24, 2.45) is 0 Å². The van der Waals surface area contributed by atoms with E-state index in [-0.39, 0.29) is 12.8 Å². The number of hydrogen-bond donors (Lipinski definition) is 2. The molecule has 0 aliphatic heterocycles. The van der Waals surface area contributed by atoms with Gasteiger partial charge in [-0.05, 0) is 33.6 Å². The molecule has 0 bridgehead atoms. The maximum atomic E-state index is 12.0. The Kier molecular flexibility index (Phi) is 5.38. The van der Waals surface area contributed by atoms with Crippen LogP contribution < -0.4 is 0 Å². The zero-order valence-corrected chi connectivity index (χ0v) is 12.1. The number of hydrogen-bond acceptors (Lipinski definition) is 3. The molecule has 0 spiro atoms. The van der Waals surface area contributed by atoms with E-state index in [4.69, 9.17) is 4.74 Å². The predicted octanol–water partition coefficient (Wildman–Crippen LogP) is 2.45. The van der Waals surface area contributed by atoms with Crippen molar-refractivity contribution in [2.45, 2.75) is 64.6 Å². The molecule has 0 saturated heterocycles. The van der Waals surface area contributed by atoms with Gasteiger partial charge in [0, 0.05) is 0 Å². The van der Waals surface area contributed by atoms with Gasteiger partial charge in [-0.3, -0.25) is 9.36 Å². The van der Waals surface area contributed by atoms with Gasteiger partial charge in [0.2, 0.25) is 0 Å². The van der Waals surface area contributed by atoms with Gasteiger partial charge in [0.25, 0.3) is 0 Å². The smallest absolute Gasteiger partial charge is 0.342 e. The Labute approximate surface area is 103 Å². The van der Waals surface area contributed by atoms with Crippen LogP contribution in [0.1, 0.15) is 53.9 Å². The van der Waals surface area contributed by atoms with Gasteiger partial charge in [-0.15, -0.1) is 0 Å². The molecule has 0 fully saturated rings. The van der Waals surface area contributed by atoms with Gasteiger partial charge in [-0.1, -0.05) is 20.3 Å². The van der Waals surface area contributed by atoms with Crippen LogP contribution in [-0.4, -0.2) is 26.5 Å². The molecule has 0 saturated carbocycles. The fourth-order valence-electron chi connectivity index (χ4n) is 1.68. The van der Waals surface area contributed by atoms with Crippen molar-refractivity contribution < 1.29 is 23.9 Å². The summed E-state index contributed by atoms with van der Waals surface area (Å²) in [5, 5.41) is -1.70. The number of rotatable bonds is 5. The molecule has 0 aliphatic rings. The van der Waals surface area contributed by atoms with E-state index in [0.717, 1.165) is 0 Å². The van der Waals surface area contributed by atoms with Crippen molar-refractivity contribution in [2.75, 3.05) is 0 Å². The lowest BCUT2D eigenvalue weighted by Gasteiger charge is -2.33. The van der Waals surface area contributed by atoms with E-state index < -0.39 is 24.3 Å². The standard InChI is InChI=1S/C11H23O5P/c1-6-8-11(7-2,17(13,14)15)9(12)16-10(3,4)5/h6-8H2,1-5H3,(H2,13,14,15). The third-order valence-electron chi connectivity index (χ3n) is 2.58. The summed E-state index contributed by atoms with van der Waals surface area (Å²) in [6.45, 7) is 8.41. The van der Waals surface area contributed by atoms with Gasteiger partial charge in [-0.25, -0.2) is 0 Å². The fraction of sp³-hybridized carbons (Fsp3) is 0.909. The van der Waals surface area contributed by atoms with Gasteiger partial charge in [0.05, 0.1) is 0 Å². The number of carbonyl (C=O) groups is 1. The minimum atomic E-state index is -4.54. The first-order chi connectivity index (χ1) is 7.50. The van der Waals surface area contributed by atoms with E-state index in [1.54, 1.807) is 34.6 Å². The molecule has 17 heavy (non-hydrogen) atoms. The highest BCUT2D eigenvalue weighted by atomic mass is 31.2. The monoisotopic (exact) mass is 266 g/mol. The molecule has 0 aromatic rings. The number of carbonyl (C=O) groups excluding carboxylic acids is 1. The van der Waals surface area contributed by atoms with Crippen LogP contribution in [0.3, 0.4) is 0 Å². The Bertz CT molecular complexity index is 314.